The predicted molar refractivity (Wildman–Crippen MR) is 77.3 cm³/mol. The van der Waals surface area contributed by atoms with E-state index >= 15 is 0 Å². The number of aliphatic hydroxyl groups is 1. The highest BCUT2D eigenvalue weighted by Crippen LogP contribution is 2.08. The molecule has 7 heteroatoms. The zero-order chi connectivity index (χ0) is 15.1. The van der Waals surface area contributed by atoms with Gasteiger partial charge in [-0.2, -0.15) is 4.98 Å². The lowest BCUT2D eigenvalue weighted by Crippen LogP contribution is -2.10. The first-order valence-electron chi connectivity index (χ1n) is 6.76. The van der Waals surface area contributed by atoms with Gasteiger partial charge in [0, 0.05) is 13.0 Å². The van der Waals surface area contributed by atoms with Crippen LogP contribution in [-0.4, -0.2) is 36.0 Å². The van der Waals surface area contributed by atoms with E-state index in [0.717, 1.165) is 6.42 Å². The summed E-state index contributed by atoms with van der Waals surface area (Å²) in [6.45, 7) is -0.147. The van der Waals surface area contributed by atoms with Gasteiger partial charge in [-0.25, -0.2) is 8.42 Å². The van der Waals surface area contributed by atoms with Crippen molar-refractivity contribution in [2.75, 3.05) is 12.4 Å². The van der Waals surface area contributed by atoms with E-state index in [4.69, 9.17) is 9.63 Å². The number of hydrogen-bond donors (Lipinski definition) is 1. The van der Waals surface area contributed by atoms with Crippen molar-refractivity contribution in [1.29, 1.82) is 0 Å². The molecule has 6 nitrogen and oxygen atoms in total. The maximum atomic E-state index is 11.7. The van der Waals surface area contributed by atoms with Gasteiger partial charge in [-0.15, -0.1) is 0 Å². The third-order valence-corrected chi connectivity index (χ3v) is 4.54. The first-order valence-corrected chi connectivity index (χ1v) is 8.58. The van der Waals surface area contributed by atoms with Gasteiger partial charge in [0.25, 0.3) is 0 Å². The normalized spacial score (nSPS) is 11.7. The Balaban J connectivity index is 1.89. The summed E-state index contributed by atoms with van der Waals surface area (Å²) in [7, 11) is -3.31. The lowest BCUT2D eigenvalue weighted by atomic mass is 10.1. The number of aliphatic hydroxyl groups excluding tert-OH is 1. The highest BCUT2D eigenvalue weighted by molar-refractivity contribution is 7.90. The van der Waals surface area contributed by atoms with E-state index in [1.54, 1.807) is 0 Å². The zero-order valence-electron chi connectivity index (χ0n) is 11.6. The van der Waals surface area contributed by atoms with Crippen molar-refractivity contribution >= 4 is 9.84 Å². The van der Waals surface area contributed by atoms with Crippen molar-refractivity contribution in [3.05, 3.63) is 47.6 Å². The van der Waals surface area contributed by atoms with Crippen molar-refractivity contribution in [3.8, 4) is 0 Å². The fourth-order valence-corrected chi connectivity index (χ4v) is 3.10. The second-order valence-electron chi connectivity index (χ2n) is 4.76. The van der Waals surface area contributed by atoms with E-state index in [2.05, 4.69) is 10.1 Å². The summed E-state index contributed by atoms with van der Waals surface area (Å²) in [5.41, 5.74) is 1.17. The largest absolute Gasteiger partial charge is 0.396 e. The molecule has 0 aliphatic carbocycles. The Morgan fingerprint density at radius 1 is 1.14 bits per heavy atom. The van der Waals surface area contributed by atoms with Crippen molar-refractivity contribution in [2.24, 2.45) is 0 Å². The fourth-order valence-electron chi connectivity index (χ4n) is 1.90. The number of aryl methyl sites for hydroxylation is 2. The lowest BCUT2D eigenvalue weighted by molar-refractivity contribution is 0.295. The molecule has 2 aromatic rings. The molecule has 0 saturated carbocycles. The van der Waals surface area contributed by atoms with Crippen molar-refractivity contribution in [1.82, 2.24) is 10.1 Å². The highest BCUT2D eigenvalue weighted by atomic mass is 32.2. The van der Waals surface area contributed by atoms with Gasteiger partial charge in [-0.05, 0) is 18.4 Å². The van der Waals surface area contributed by atoms with Crippen LogP contribution in [0.2, 0.25) is 0 Å². The van der Waals surface area contributed by atoms with Gasteiger partial charge in [-0.1, -0.05) is 35.5 Å². The summed E-state index contributed by atoms with van der Waals surface area (Å²) in [4.78, 5) is 4.10. The van der Waals surface area contributed by atoms with Gasteiger partial charge >= 0.3 is 0 Å². The Morgan fingerprint density at radius 2 is 1.90 bits per heavy atom. The summed E-state index contributed by atoms with van der Waals surface area (Å²) in [6.07, 6.45) is 1.60. The minimum atomic E-state index is -3.31. The summed E-state index contributed by atoms with van der Waals surface area (Å²) < 4.78 is 28.4. The molecular weight excluding hydrogens is 292 g/mol. The van der Waals surface area contributed by atoms with E-state index in [9.17, 15) is 8.42 Å². The molecule has 1 N–H and O–H groups in total. The summed E-state index contributed by atoms with van der Waals surface area (Å²) in [6, 6.07) is 9.91. The fraction of sp³-hybridized carbons (Fsp3) is 0.429. The van der Waals surface area contributed by atoms with Gasteiger partial charge in [0.15, 0.2) is 15.7 Å². The van der Waals surface area contributed by atoms with Crippen LogP contribution >= 0.6 is 0 Å². The first-order chi connectivity index (χ1) is 10.1. The maximum Gasteiger partial charge on any atom is 0.241 e. The zero-order valence-corrected chi connectivity index (χ0v) is 12.4. The van der Waals surface area contributed by atoms with Crippen LogP contribution in [0.4, 0.5) is 0 Å². The average Bonchev–Trinajstić information content (AvgIpc) is 2.91. The molecule has 0 unspecified atom stereocenters. The second kappa shape index (κ2) is 7.33. The van der Waals surface area contributed by atoms with Crippen LogP contribution in [0.15, 0.2) is 34.9 Å². The maximum absolute atomic E-state index is 11.7. The van der Waals surface area contributed by atoms with Gasteiger partial charge in [-0.3, -0.25) is 0 Å². The third kappa shape index (κ3) is 5.28. The SMILES string of the molecule is O=S(=O)(CCCO)Cc1nc(CCc2ccccc2)no1. The smallest absolute Gasteiger partial charge is 0.241 e. The molecule has 114 valence electrons. The Morgan fingerprint density at radius 3 is 2.62 bits per heavy atom. The molecule has 1 heterocycles. The Kier molecular flexibility index (Phi) is 5.46. The number of sulfone groups is 1. The molecule has 0 atom stereocenters. The topological polar surface area (TPSA) is 93.3 Å². The molecule has 1 aromatic carbocycles. The van der Waals surface area contributed by atoms with E-state index < -0.39 is 9.84 Å². The summed E-state index contributed by atoms with van der Waals surface area (Å²) >= 11 is 0. The van der Waals surface area contributed by atoms with Gasteiger partial charge in [0.2, 0.25) is 5.89 Å². The number of rotatable bonds is 8. The van der Waals surface area contributed by atoms with Crippen LogP contribution < -0.4 is 0 Å². The molecule has 0 aliphatic heterocycles. The Labute approximate surface area is 123 Å². The summed E-state index contributed by atoms with van der Waals surface area (Å²) in [5.74, 6) is 0.263. The van der Waals surface area contributed by atoms with Crippen LogP contribution in [0.3, 0.4) is 0 Å². The number of hydrogen-bond acceptors (Lipinski definition) is 6. The highest BCUT2D eigenvalue weighted by Gasteiger charge is 2.16. The van der Waals surface area contributed by atoms with Crippen LogP contribution in [0.5, 0.6) is 0 Å². The van der Waals surface area contributed by atoms with Crippen LogP contribution in [0.25, 0.3) is 0 Å². The van der Waals surface area contributed by atoms with Crippen molar-refractivity contribution < 1.29 is 18.0 Å². The molecule has 1 aromatic heterocycles. The van der Waals surface area contributed by atoms with Crippen LogP contribution in [0, 0.1) is 0 Å². The molecule has 0 amide bonds. The summed E-state index contributed by atoms with van der Waals surface area (Å²) in [5, 5.41) is 12.5. The lowest BCUT2D eigenvalue weighted by Gasteiger charge is -1.98. The molecular formula is C14H18N2O4S. The number of nitrogens with zero attached hydrogens (tertiary/aromatic N) is 2. The standard InChI is InChI=1S/C14H18N2O4S/c17-9-4-10-21(18,19)11-14-15-13(16-20-14)8-7-12-5-2-1-3-6-12/h1-3,5-6,17H,4,7-11H2. The Hall–Kier alpha value is -1.73. The average molecular weight is 310 g/mol. The second-order valence-corrected chi connectivity index (χ2v) is 6.94. The number of benzene rings is 1. The monoisotopic (exact) mass is 310 g/mol. The molecule has 0 aliphatic rings. The molecule has 2 rings (SSSR count). The molecule has 0 radical (unpaired) electrons. The van der Waals surface area contributed by atoms with Gasteiger partial charge in [0.05, 0.1) is 5.75 Å². The van der Waals surface area contributed by atoms with E-state index in [1.807, 2.05) is 30.3 Å². The molecule has 0 spiro atoms. The number of aromatic nitrogens is 2. The first kappa shape index (κ1) is 15.7. The van der Waals surface area contributed by atoms with Crippen molar-refractivity contribution in [3.63, 3.8) is 0 Å². The minimum absolute atomic E-state index is 0.0781. The van der Waals surface area contributed by atoms with E-state index in [-0.39, 0.29) is 30.4 Å². The minimum Gasteiger partial charge on any atom is -0.396 e. The van der Waals surface area contributed by atoms with Crippen molar-refractivity contribution in [2.45, 2.75) is 25.0 Å². The predicted octanol–water partition coefficient (Wildman–Crippen LogP) is 1.15. The quantitative estimate of drug-likeness (QED) is 0.786. The molecule has 0 fully saturated rings. The van der Waals surface area contributed by atoms with Crippen LogP contribution in [-0.2, 0) is 28.4 Å². The van der Waals surface area contributed by atoms with Gasteiger partial charge < -0.3 is 9.63 Å². The molecule has 0 bridgehead atoms. The molecule has 21 heavy (non-hydrogen) atoms. The third-order valence-electron chi connectivity index (χ3n) is 2.95. The Bertz CT molecular complexity index is 653. The van der Waals surface area contributed by atoms with E-state index in [0.29, 0.717) is 12.2 Å². The molecule has 0 saturated heterocycles. The van der Waals surface area contributed by atoms with E-state index in [1.165, 1.54) is 5.56 Å². The van der Waals surface area contributed by atoms with Crippen LogP contribution in [0.1, 0.15) is 23.7 Å². The van der Waals surface area contributed by atoms with Gasteiger partial charge in [0.1, 0.15) is 5.75 Å².